The van der Waals surface area contributed by atoms with Crippen molar-refractivity contribution in [2.45, 2.75) is 0 Å². The highest BCUT2D eigenvalue weighted by atomic mass is 79.9. The Morgan fingerprint density at radius 2 is 1.68 bits per heavy atom. The SMILES string of the molecule is Brc1cc(C2=CC=CCN2)cc(-c2ccccc2)c1. The number of benzene rings is 2. The van der Waals surface area contributed by atoms with Crippen molar-refractivity contribution in [2.75, 3.05) is 6.54 Å². The Kier molecular flexibility index (Phi) is 3.51. The second-order valence-corrected chi connectivity index (χ2v) is 5.40. The van der Waals surface area contributed by atoms with Crippen LogP contribution in [-0.2, 0) is 0 Å². The first-order valence-corrected chi connectivity index (χ1v) is 7.09. The van der Waals surface area contributed by atoms with Gasteiger partial charge in [-0.1, -0.05) is 58.4 Å². The lowest BCUT2D eigenvalue weighted by Gasteiger charge is -2.14. The molecule has 0 amide bonds. The molecule has 94 valence electrons. The highest BCUT2D eigenvalue weighted by molar-refractivity contribution is 9.10. The minimum atomic E-state index is 0.888. The third-order valence-corrected chi connectivity index (χ3v) is 3.58. The number of hydrogen-bond donors (Lipinski definition) is 1. The van der Waals surface area contributed by atoms with Crippen molar-refractivity contribution in [3.8, 4) is 11.1 Å². The van der Waals surface area contributed by atoms with Crippen LogP contribution >= 0.6 is 15.9 Å². The van der Waals surface area contributed by atoms with Gasteiger partial charge >= 0.3 is 0 Å². The minimum absolute atomic E-state index is 0.888. The molecule has 0 spiro atoms. The van der Waals surface area contributed by atoms with Crippen molar-refractivity contribution < 1.29 is 0 Å². The van der Waals surface area contributed by atoms with Crippen LogP contribution < -0.4 is 5.32 Å². The zero-order valence-corrected chi connectivity index (χ0v) is 12.0. The smallest absolute Gasteiger partial charge is 0.0416 e. The van der Waals surface area contributed by atoms with E-state index in [4.69, 9.17) is 0 Å². The molecule has 2 aromatic rings. The van der Waals surface area contributed by atoms with Crippen LogP contribution in [-0.4, -0.2) is 6.54 Å². The summed E-state index contributed by atoms with van der Waals surface area (Å²) < 4.78 is 1.10. The second kappa shape index (κ2) is 5.45. The number of hydrogen-bond acceptors (Lipinski definition) is 1. The van der Waals surface area contributed by atoms with Crippen molar-refractivity contribution >= 4 is 21.6 Å². The Hall–Kier alpha value is -1.80. The van der Waals surface area contributed by atoms with Crippen LogP contribution in [0.5, 0.6) is 0 Å². The summed E-state index contributed by atoms with van der Waals surface area (Å²) >= 11 is 3.60. The quantitative estimate of drug-likeness (QED) is 0.853. The van der Waals surface area contributed by atoms with Crippen LogP contribution in [0.3, 0.4) is 0 Å². The summed E-state index contributed by atoms with van der Waals surface area (Å²) in [5, 5.41) is 3.39. The predicted molar refractivity (Wildman–Crippen MR) is 84.7 cm³/mol. The molecule has 0 aromatic heterocycles. The summed E-state index contributed by atoms with van der Waals surface area (Å²) in [5.41, 5.74) is 4.83. The number of halogens is 1. The third-order valence-electron chi connectivity index (χ3n) is 3.13. The van der Waals surface area contributed by atoms with Gasteiger partial charge in [-0.15, -0.1) is 0 Å². The van der Waals surface area contributed by atoms with Gasteiger partial charge < -0.3 is 5.32 Å². The number of allylic oxidation sites excluding steroid dienone is 2. The number of rotatable bonds is 2. The van der Waals surface area contributed by atoms with Crippen molar-refractivity contribution in [2.24, 2.45) is 0 Å². The molecular formula is C17H14BrN. The van der Waals surface area contributed by atoms with E-state index in [1.807, 2.05) is 6.07 Å². The maximum Gasteiger partial charge on any atom is 0.0416 e. The fourth-order valence-electron chi connectivity index (χ4n) is 2.20. The lowest BCUT2D eigenvalue weighted by atomic mass is 10.0. The van der Waals surface area contributed by atoms with E-state index >= 15 is 0 Å². The molecule has 0 fully saturated rings. The van der Waals surface area contributed by atoms with Crippen LogP contribution in [0.2, 0.25) is 0 Å². The zero-order chi connectivity index (χ0) is 13.1. The molecule has 3 rings (SSSR count). The fraction of sp³-hybridized carbons (Fsp3) is 0.0588. The maximum absolute atomic E-state index is 3.60. The largest absolute Gasteiger partial charge is 0.381 e. The molecule has 1 aliphatic heterocycles. The molecular weight excluding hydrogens is 298 g/mol. The van der Waals surface area contributed by atoms with E-state index in [-0.39, 0.29) is 0 Å². The normalized spacial score (nSPS) is 13.8. The molecule has 0 saturated carbocycles. The van der Waals surface area contributed by atoms with Gasteiger partial charge in [0.15, 0.2) is 0 Å². The molecule has 1 aliphatic rings. The molecule has 1 heterocycles. The summed E-state index contributed by atoms with van der Waals surface area (Å²) in [5.74, 6) is 0. The van der Waals surface area contributed by atoms with Gasteiger partial charge in [0.1, 0.15) is 0 Å². The van der Waals surface area contributed by atoms with Gasteiger partial charge in [-0.2, -0.15) is 0 Å². The van der Waals surface area contributed by atoms with Crippen LogP contribution in [0.25, 0.3) is 16.8 Å². The molecule has 0 radical (unpaired) electrons. The number of nitrogens with one attached hydrogen (secondary N) is 1. The van der Waals surface area contributed by atoms with E-state index in [0.29, 0.717) is 0 Å². The van der Waals surface area contributed by atoms with Crippen molar-refractivity contribution in [3.05, 3.63) is 76.8 Å². The lowest BCUT2D eigenvalue weighted by molar-refractivity contribution is 0.995. The summed E-state index contributed by atoms with van der Waals surface area (Å²) in [6, 6.07) is 17.0. The molecule has 0 saturated heterocycles. The van der Waals surface area contributed by atoms with Gasteiger partial charge in [-0.25, -0.2) is 0 Å². The zero-order valence-electron chi connectivity index (χ0n) is 10.4. The topological polar surface area (TPSA) is 12.0 Å². The van der Waals surface area contributed by atoms with E-state index in [2.05, 4.69) is 81.9 Å². The molecule has 19 heavy (non-hydrogen) atoms. The molecule has 2 aromatic carbocycles. The van der Waals surface area contributed by atoms with Crippen LogP contribution in [0.15, 0.2) is 71.2 Å². The van der Waals surface area contributed by atoms with Gasteiger partial charge in [-0.3, -0.25) is 0 Å². The monoisotopic (exact) mass is 311 g/mol. The summed E-state index contributed by atoms with van der Waals surface area (Å²) in [4.78, 5) is 0. The molecule has 2 heteroatoms. The maximum atomic E-state index is 3.60. The molecule has 0 aliphatic carbocycles. The third kappa shape index (κ3) is 2.79. The van der Waals surface area contributed by atoms with Gasteiger partial charge in [0.25, 0.3) is 0 Å². The first kappa shape index (κ1) is 12.2. The highest BCUT2D eigenvalue weighted by Crippen LogP contribution is 2.28. The Balaban J connectivity index is 2.06. The van der Waals surface area contributed by atoms with E-state index in [1.54, 1.807) is 0 Å². The minimum Gasteiger partial charge on any atom is -0.381 e. The van der Waals surface area contributed by atoms with Gasteiger partial charge in [-0.05, 0) is 41.0 Å². The van der Waals surface area contributed by atoms with E-state index < -0.39 is 0 Å². The van der Waals surface area contributed by atoms with Crippen LogP contribution in [0.1, 0.15) is 5.56 Å². The predicted octanol–water partition coefficient (Wildman–Crippen LogP) is 4.62. The summed E-state index contributed by atoms with van der Waals surface area (Å²) in [6.45, 7) is 0.888. The van der Waals surface area contributed by atoms with Crippen LogP contribution in [0, 0.1) is 0 Å². The lowest BCUT2D eigenvalue weighted by Crippen LogP contribution is -2.14. The second-order valence-electron chi connectivity index (χ2n) is 4.48. The van der Waals surface area contributed by atoms with Crippen molar-refractivity contribution in [1.29, 1.82) is 0 Å². The molecule has 1 N–H and O–H groups in total. The Morgan fingerprint density at radius 1 is 0.895 bits per heavy atom. The van der Waals surface area contributed by atoms with Gasteiger partial charge in [0.05, 0.1) is 0 Å². The molecule has 1 nitrogen and oxygen atoms in total. The fourth-order valence-corrected chi connectivity index (χ4v) is 2.69. The summed E-state index contributed by atoms with van der Waals surface area (Å²) in [7, 11) is 0. The molecule has 0 bridgehead atoms. The first-order valence-electron chi connectivity index (χ1n) is 6.30. The first-order chi connectivity index (χ1) is 9.33. The number of dihydropyridines is 1. The Morgan fingerprint density at radius 3 is 2.42 bits per heavy atom. The van der Waals surface area contributed by atoms with E-state index in [1.165, 1.54) is 22.4 Å². The molecule has 0 atom stereocenters. The van der Waals surface area contributed by atoms with E-state index in [9.17, 15) is 0 Å². The molecule has 0 unspecified atom stereocenters. The average Bonchev–Trinajstić information content (AvgIpc) is 2.48. The summed E-state index contributed by atoms with van der Waals surface area (Å²) in [6.07, 6.45) is 6.31. The van der Waals surface area contributed by atoms with Gasteiger partial charge in [0.2, 0.25) is 0 Å². The van der Waals surface area contributed by atoms with Crippen molar-refractivity contribution in [3.63, 3.8) is 0 Å². The Labute approximate surface area is 121 Å². The highest BCUT2D eigenvalue weighted by Gasteiger charge is 2.06. The average molecular weight is 312 g/mol. The van der Waals surface area contributed by atoms with E-state index in [0.717, 1.165) is 11.0 Å². The van der Waals surface area contributed by atoms with Gasteiger partial charge in [0, 0.05) is 16.7 Å². The Bertz CT molecular complexity index is 642. The standard InChI is InChI=1S/C17H14BrN/c18-16-11-14(13-6-2-1-3-7-13)10-15(12-16)17-8-4-5-9-19-17/h1-8,10-12,19H,9H2. The van der Waals surface area contributed by atoms with Crippen molar-refractivity contribution in [1.82, 2.24) is 5.32 Å². The van der Waals surface area contributed by atoms with Crippen LogP contribution in [0.4, 0.5) is 0 Å².